The number of piperazine rings is 1. The fourth-order valence-corrected chi connectivity index (χ4v) is 4.36. The van der Waals surface area contributed by atoms with E-state index in [0.29, 0.717) is 22.1 Å². The molecule has 3 N–H and O–H groups in total. The molecule has 144 valence electrons. The SMILES string of the molecule is Cl.Cl.N[C@H]1CC[C@H](CCN2CCNCC2c2cccc(Cl)c2Cl)CC1. The highest BCUT2D eigenvalue weighted by molar-refractivity contribution is 6.42. The first kappa shape index (κ1) is 23.3. The summed E-state index contributed by atoms with van der Waals surface area (Å²) in [6, 6.07) is 6.72. The normalized spacial score (nSPS) is 27.2. The van der Waals surface area contributed by atoms with Crippen LogP contribution in [-0.2, 0) is 0 Å². The molecule has 2 aliphatic rings. The number of nitrogens with one attached hydrogen (secondary N) is 1. The minimum Gasteiger partial charge on any atom is -0.328 e. The average Bonchev–Trinajstić information content (AvgIpc) is 2.57. The van der Waals surface area contributed by atoms with E-state index in [9.17, 15) is 0 Å². The molecule has 1 aromatic carbocycles. The Bertz CT molecular complexity index is 521. The Morgan fingerprint density at radius 2 is 1.84 bits per heavy atom. The molecule has 3 rings (SSSR count). The number of halogens is 4. The highest BCUT2D eigenvalue weighted by Gasteiger charge is 2.27. The molecule has 2 fully saturated rings. The maximum Gasteiger partial charge on any atom is 0.0640 e. The van der Waals surface area contributed by atoms with Crippen molar-refractivity contribution in [3.8, 4) is 0 Å². The molecule has 1 aliphatic carbocycles. The maximum absolute atomic E-state index is 6.46. The summed E-state index contributed by atoms with van der Waals surface area (Å²) < 4.78 is 0. The Morgan fingerprint density at radius 1 is 1.12 bits per heavy atom. The van der Waals surface area contributed by atoms with E-state index >= 15 is 0 Å². The Kier molecular flexibility index (Phi) is 10.4. The Hall–Kier alpha value is 0.260. The number of benzene rings is 1. The zero-order chi connectivity index (χ0) is 16.2. The number of hydrogen-bond acceptors (Lipinski definition) is 3. The van der Waals surface area contributed by atoms with Crippen LogP contribution < -0.4 is 11.1 Å². The van der Waals surface area contributed by atoms with Crippen molar-refractivity contribution in [1.29, 1.82) is 0 Å². The van der Waals surface area contributed by atoms with Crippen molar-refractivity contribution in [3.63, 3.8) is 0 Å². The first-order valence-corrected chi connectivity index (χ1v) is 9.55. The van der Waals surface area contributed by atoms with Gasteiger partial charge in [-0.1, -0.05) is 35.3 Å². The highest BCUT2D eigenvalue weighted by Crippen LogP contribution is 2.34. The molecule has 1 aromatic rings. The van der Waals surface area contributed by atoms with E-state index in [2.05, 4.69) is 16.3 Å². The molecule has 1 atom stereocenters. The summed E-state index contributed by atoms with van der Waals surface area (Å²) in [6.07, 6.45) is 6.22. The highest BCUT2D eigenvalue weighted by atomic mass is 35.5. The monoisotopic (exact) mass is 427 g/mol. The van der Waals surface area contributed by atoms with Crippen molar-refractivity contribution in [2.45, 2.75) is 44.2 Å². The standard InChI is InChI=1S/C18H27Cl2N3.2ClH/c19-16-3-1-2-15(18(16)20)17-12-22-9-11-23(17)10-8-13-4-6-14(21)7-5-13;;/h1-3,13-14,17,22H,4-12,21H2;2*1H/t13-,14-,17?;;. The molecule has 0 spiro atoms. The van der Waals surface area contributed by atoms with E-state index in [4.69, 9.17) is 28.9 Å². The number of nitrogens with two attached hydrogens (primary N) is 1. The second-order valence-corrected chi connectivity index (χ2v) is 7.75. The lowest BCUT2D eigenvalue weighted by molar-refractivity contribution is 0.144. The van der Waals surface area contributed by atoms with Crippen LogP contribution >= 0.6 is 48.0 Å². The molecule has 0 amide bonds. The van der Waals surface area contributed by atoms with Gasteiger partial charge in [0.1, 0.15) is 0 Å². The van der Waals surface area contributed by atoms with Gasteiger partial charge in [-0.3, -0.25) is 4.90 Å². The lowest BCUT2D eigenvalue weighted by Gasteiger charge is -2.38. The van der Waals surface area contributed by atoms with Crippen molar-refractivity contribution < 1.29 is 0 Å². The predicted molar refractivity (Wildman–Crippen MR) is 113 cm³/mol. The van der Waals surface area contributed by atoms with Crippen LogP contribution in [0, 0.1) is 5.92 Å². The van der Waals surface area contributed by atoms with Crippen LogP contribution in [0.5, 0.6) is 0 Å². The zero-order valence-corrected chi connectivity index (χ0v) is 17.6. The van der Waals surface area contributed by atoms with Crippen LogP contribution in [-0.4, -0.2) is 37.1 Å². The smallest absolute Gasteiger partial charge is 0.0640 e. The molecule has 1 unspecified atom stereocenters. The van der Waals surface area contributed by atoms with Gasteiger partial charge in [0.15, 0.2) is 0 Å². The maximum atomic E-state index is 6.46. The second-order valence-electron chi connectivity index (χ2n) is 6.97. The molecular weight excluding hydrogens is 400 g/mol. The van der Waals surface area contributed by atoms with Gasteiger partial charge in [0.05, 0.1) is 10.0 Å². The summed E-state index contributed by atoms with van der Waals surface area (Å²) in [5, 5.41) is 4.85. The van der Waals surface area contributed by atoms with Crippen molar-refractivity contribution in [2.75, 3.05) is 26.2 Å². The van der Waals surface area contributed by atoms with Gasteiger partial charge in [0.2, 0.25) is 0 Å². The van der Waals surface area contributed by atoms with E-state index in [1.54, 1.807) is 0 Å². The third-order valence-corrected chi connectivity index (χ3v) is 6.24. The van der Waals surface area contributed by atoms with Crippen LogP contribution in [0.2, 0.25) is 10.0 Å². The first-order chi connectivity index (χ1) is 11.1. The molecule has 1 aliphatic heterocycles. The van der Waals surface area contributed by atoms with Gasteiger partial charge in [-0.2, -0.15) is 0 Å². The van der Waals surface area contributed by atoms with Crippen molar-refractivity contribution in [2.24, 2.45) is 11.7 Å². The van der Waals surface area contributed by atoms with E-state index < -0.39 is 0 Å². The quantitative estimate of drug-likeness (QED) is 0.730. The van der Waals surface area contributed by atoms with Gasteiger partial charge in [-0.15, -0.1) is 24.8 Å². The topological polar surface area (TPSA) is 41.3 Å². The van der Waals surface area contributed by atoms with Gasteiger partial charge in [0.25, 0.3) is 0 Å². The molecular formula is C18H29Cl4N3. The van der Waals surface area contributed by atoms with Crippen molar-refractivity contribution in [3.05, 3.63) is 33.8 Å². The second kappa shape index (κ2) is 11.2. The first-order valence-electron chi connectivity index (χ1n) is 8.79. The fraction of sp³-hybridized carbons (Fsp3) is 0.667. The van der Waals surface area contributed by atoms with E-state index in [1.165, 1.54) is 32.1 Å². The predicted octanol–water partition coefficient (Wildman–Crippen LogP) is 4.69. The largest absolute Gasteiger partial charge is 0.328 e. The molecule has 1 saturated heterocycles. The van der Waals surface area contributed by atoms with Crippen LogP contribution in [0.3, 0.4) is 0 Å². The van der Waals surface area contributed by atoms with Gasteiger partial charge in [-0.25, -0.2) is 0 Å². The minimum absolute atomic E-state index is 0. The summed E-state index contributed by atoms with van der Waals surface area (Å²) in [5.41, 5.74) is 7.17. The number of hydrogen-bond donors (Lipinski definition) is 2. The molecule has 1 heterocycles. The average molecular weight is 429 g/mol. The summed E-state index contributed by atoms with van der Waals surface area (Å²) in [6.45, 7) is 4.19. The van der Waals surface area contributed by atoms with Gasteiger partial charge in [-0.05, 0) is 56.2 Å². The summed E-state index contributed by atoms with van der Waals surface area (Å²) in [5.74, 6) is 0.833. The van der Waals surface area contributed by atoms with Crippen molar-refractivity contribution >= 4 is 48.0 Å². The Morgan fingerprint density at radius 3 is 2.56 bits per heavy atom. The summed E-state index contributed by atoms with van der Waals surface area (Å²) in [4.78, 5) is 2.57. The van der Waals surface area contributed by atoms with Crippen LogP contribution in [0.15, 0.2) is 18.2 Å². The molecule has 1 saturated carbocycles. The minimum atomic E-state index is 0. The zero-order valence-electron chi connectivity index (χ0n) is 14.4. The third kappa shape index (κ3) is 6.14. The Balaban J connectivity index is 0.00000156. The summed E-state index contributed by atoms with van der Waals surface area (Å²) >= 11 is 12.7. The van der Waals surface area contributed by atoms with Gasteiger partial charge < -0.3 is 11.1 Å². The summed E-state index contributed by atoms with van der Waals surface area (Å²) in [7, 11) is 0. The lowest BCUT2D eigenvalue weighted by Crippen LogP contribution is -2.46. The van der Waals surface area contributed by atoms with Crippen LogP contribution in [0.1, 0.15) is 43.7 Å². The van der Waals surface area contributed by atoms with E-state index in [1.807, 2.05) is 12.1 Å². The number of nitrogens with zero attached hydrogens (tertiary/aromatic N) is 1. The lowest BCUT2D eigenvalue weighted by atomic mass is 9.84. The van der Waals surface area contributed by atoms with Gasteiger partial charge >= 0.3 is 0 Å². The molecule has 0 radical (unpaired) electrons. The van der Waals surface area contributed by atoms with E-state index in [0.717, 1.165) is 37.7 Å². The van der Waals surface area contributed by atoms with E-state index in [-0.39, 0.29) is 24.8 Å². The Labute approximate surface area is 173 Å². The van der Waals surface area contributed by atoms with Crippen LogP contribution in [0.4, 0.5) is 0 Å². The molecule has 7 heteroatoms. The molecule has 0 aromatic heterocycles. The molecule has 25 heavy (non-hydrogen) atoms. The fourth-order valence-electron chi connectivity index (χ4n) is 3.92. The van der Waals surface area contributed by atoms with Gasteiger partial charge in [0, 0.05) is 31.7 Å². The van der Waals surface area contributed by atoms with Crippen LogP contribution in [0.25, 0.3) is 0 Å². The molecule has 3 nitrogen and oxygen atoms in total. The number of rotatable bonds is 4. The molecule has 0 bridgehead atoms. The third-order valence-electron chi connectivity index (χ3n) is 5.41. The van der Waals surface area contributed by atoms with Crippen molar-refractivity contribution in [1.82, 2.24) is 10.2 Å².